The van der Waals surface area contributed by atoms with Crippen molar-refractivity contribution in [2.24, 2.45) is 4.99 Å². The molecule has 7 heteroatoms. The third-order valence-corrected chi connectivity index (χ3v) is 4.68. The van der Waals surface area contributed by atoms with E-state index in [0.29, 0.717) is 33.2 Å². The summed E-state index contributed by atoms with van der Waals surface area (Å²) >= 11 is 5.88. The molecular weight excluding hydrogens is 418 g/mol. The van der Waals surface area contributed by atoms with Crippen molar-refractivity contribution in [3.05, 3.63) is 100 Å². The van der Waals surface area contributed by atoms with E-state index in [1.807, 2.05) is 0 Å². The monoisotopic (exact) mass is 433 g/mol. The summed E-state index contributed by atoms with van der Waals surface area (Å²) in [5, 5.41) is 0.581. The van der Waals surface area contributed by atoms with Crippen molar-refractivity contribution in [1.29, 1.82) is 0 Å². The molecule has 0 bridgehead atoms. The molecule has 3 aromatic carbocycles. The van der Waals surface area contributed by atoms with Gasteiger partial charge in [0.25, 0.3) is 0 Å². The van der Waals surface area contributed by atoms with E-state index < -0.39 is 11.9 Å². The summed E-state index contributed by atoms with van der Waals surface area (Å²) in [6.07, 6.45) is 1.60. The van der Waals surface area contributed by atoms with E-state index in [0.717, 1.165) is 0 Å². The van der Waals surface area contributed by atoms with Crippen molar-refractivity contribution in [2.75, 3.05) is 7.11 Å². The highest BCUT2D eigenvalue weighted by Gasteiger charge is 2.24. The molecule has 1 aliphatic heterocycles. The number of ether oxygens (including phenoxy) is 3. The zero-order valence-corrected chi connectivity index (χ0v) is 17.1. The highest BCUT2D eigenvalue weighted by atomic mass is 35.5. The van der Waals surface area contributed by atoms with Gasteiger partial charge in [-0.1, -0.05) is 23.7 Å². The standard InChI is InChI=1S/C24H16ClNO5/c1-29-19-12-6-17(7-13-19)23(27)30-20-10-2-15(3-11-20)14-21-24(28)31-22(26-21)16-4-8-18(25)9-5-16/h2-14H,1H3/b21-14-. The summed E-state index contributed by atoms with van der Waals surface area (Å²) in [6, 6.07) is 20.2. The van der Waals surface area contributed by atoms with E-state index in [1.54, 1.807) is 86.0 Å². The first-order chi connectivity index (χ1) is 15.0. The zero-order valence-electron chi connectivity index (χ0n) is 16.4. The van der Waals surface area contributed by atoms with E-state index >= 15 is 0 Å². The molecule has 0 N–H and O–H groups in total. The van der Waals surface area contributed by atoms with Crippen molar-refractivity contribution in [3.8, 4) is 11.5 Å². The SMILES string of the molecule is COc1ccc(C(=O)Oc2ccc(/C=C3\N=C(c4ccc(Cl)cc4)OC3=O)cc2)cc1. The Bertz CT molecular complexity index is 1180. The second kappa shape index (κ2) is 8.85. The number of methoxy groups -OCH3 is 1. The van der Waals surface area contributed by atoms with Crippen LogP contribution in [0.3, 0.4) is 0 Å². The van der Waals surface area contributed by atoms with Gasteiger partial charge in [-0.2, -0.15) is 0 Å². The number of benzene rings is 3. The predicted molar refractivity (Wildman–Crippen MR) is 116 cm³/mol. The van der Waals surface area contributed by atoms with Crippen molar-refractivity contribution in [3.63, 3.8) is 0 Å². The molecule has 0 spiro atoms. The van der Waals surface area contributed by atoms with Crippen molar-refractivity contribution in [1.82, 2.24) is 0 Å². The summed E-state index contributed by atoms with van der Waals surface area (Å²) in [4.78, 5) is 28.6. The quantitative estimate of drug-likeness (QED) is 0.324. The predicted octanol–water partition coefficient (Wildman–Crippen LogP) is 4.91. The average Bonchev–Trinajstić information content (AvgIpc) is 3.15. The molecule has 1 aliphatic rings. The molecule has 0 aliphatic carbocycles. The lowest BCUT2D eigenvalue weighted by molar-refractivity contribution is -0.129. The number of halogens is 1. The molecule has 154 valence electrons. The van der Waals surface area contributed by atoms with Crippen molar-refractivity contribution < 1.29 is 23.8 Å². The van der Waals surface area contributed by atoms with Crippen LogP contribution in [0.5, 0.6) is 11.5 Å². The number of cyclic esters (lactones) is 1. The highest BCUT2D eigenvalue weighted by Crippen LogP contribution is 2.22. The maximum absolute atomic E-state index is 12.2. The summed E-state index contributed by atoms with van der Waals surface area (Å²) < 4.78 is 15.7. The molecule has 6 nitrogen and oxygen atoms in total. The van der Waals surface area contributed by atoms with Gasteiger partial charge in [-0.25, -0.2) is 14.6 Å². The van der Waals surface area contributed by atoms with Gasteiger partial charge in [0.15, 0.2) is 5.70 Å². The summed E-state index contributed by atoms with van der Waals surface area (Å²) in [5.41, 5.74) is 1.94. The number of nitrogens with zero attached hydrogens (tertiary/aromatic N) is 1. The number of rotatable bonds is 5. The normalized spacial score (nSPS) is 14.2. The van der Waals surface area contributed by atoms with Gasteiger partial charge in [-0.15, -0.1) is 0 Å². The third kappa shape index (κ3) is 4.82. The van der Waals surface area contributed by atoms with Crippen LogP contribution in [0.2, 0.25) is 5.02 Å². The van der Waals surface area contributed by atoms with Gasteiger partial charge in [0.1, 0.15) is 11.5 Å². The highest BCUT2D eigenvalue weighted by molar-refractivity contribution is 6.30. The largest absolute Gasteiger partial charge is 0.497 e. The minimum absolute atomic E-state index is 0.174. The molecule has 0 unspecified atom stereocenters. The first-order valence-electron chi connectivity index (χ1n) is 9.26. The van der Waals surface area contributed by atoms with E-state index in [2.05, 4.69) is 4.99 Å². The zero-order chi connectivity index (χ0) is 21.8. The van der Waals surface area contributed by atoms with Gasteiger partial charge in [-0.05, 0) is 72.3 Å². The molecule has 0 saturated carbocycles. The first-order valence-corrected chi connectivity index (χ1v) is 9.64. The Hall–Kier alpha value is -3.90. The van der Waals surface area contributed by atoms with E-state index in [1.165, 1.54) is 0 Å². The molecule has 31 heavy (non-hydrogen) atoms. The van der Waals surface area contributed by atoms with Crippen LogP contribution in [0.4, 0.5) is 0 Å². The lowest BCUT2D eigenvalue weighted by Crippen LogP contribution is -2.08. The third-order valence-electron chi connectivity index (χ3n) is 4.43. The Kier molecular flexibility index (Phi) is 5.82. The van der Waals surface area contributed by atoms with Crippen LogP contribution in [0.1, 0.15) is 21.5 Å². The van der Waals surface area contributed by atoms with Crippen LogP contribution in [0.25, 0.3) is 6.08 Å². The smallest absolute Gasteiger partial charge is 0.363 e. The fraction of sp³-hybridized carbons (Fsp3) is 0.0417. The van der Waals surface area contributed by atoms with Crippen LogP contribution in [0, 0.1) is 0 Å². The fourth-order valence-electron chi connectivity index (χ4n) is 2.81. The Morgan fingerprint density at radius 1 is 0.935 bits per heavy atom. The van der Waals surface area contributed by atoms with E-state index in [-0.39, 0.29) is 11.6 Å². The molecule has 0 radical (unpaired) electrons. The number of aliphatic imine (C=N–C) groups is 1. The van der Waals surface area contributed by atoms with Gasteiger partial charge in [0.05, 0.1) is 12.7 Å². The van der Waals surface area contributed by atoms with Gasteiger partial charge in [0.2, 0.25) is 5.90 Å². The van der Waals surface area contributed by atoms with Gasteiger partial charge in [0, 0.05) is 10.6 Å². The number of esters is 2. The number of carbonyl (C=O) groups is 2. The second-order valence-electron chi connectivity index (χ2n) is 6.53. The summed E-state index contributed by atoms with van der Waals surface area (Å²) in [5.74, 6) is 0.229. The van der Waals surface area contributed by atoms with Crippen LogP contribution in [-0.4, -0.2) is 24.9 Å². The molecule has 0 saturated heterocycles. The van der Waals surface area contributed by atoms with Crippen LogP contribution in [0.15, 0.2) is 83.5 Å². The van der Waals surface area contributed by atoms with Crippen LogP contribution in [-0.2, 0) is 9.53 Å². The Labute approximate surface area is 183 Å². The van der Waals surface area contributed by atoms with E-state index in [9.17, 15) is 9.59 Å². The molecule has 0 aromatic heterocycles. The Morgan fingerprint density at radius 3 is 2.23 bits per heavy atom. The molecule has 1 heterocycles. The van der Waals surface area contributed by atoms with Gasteiger partial charge >= 0.3 is 11.9 Å². The first kappa shape index (κ1) is 20.4. The maximum atomic E-state index is 12.2. The molecular formula is C24H16ClNO5. The maximum Gasteiger partial charge on any atom is 0.363 e. The van der Waals surface area contributed by atoms with Crippen LogP contribution < -0.4 is 9.47 Å². The number of carbonyl (C=O) groups excluding carboxylic acids is 2. The average molecular weight is 434 g/mol. The lowest BCUT2D eigenvalue weighted by atomic mass is 10.2. The Morgan fingerprint density at radius 2 is 1.58 bits per heavy atom. The molecule has 0 atom stereocenters. The van der Waals surface area contributed by atoms with Crippen LogP contribution >= 0.6 is 11.6 Å². The number of hydrogen-bond acceptors (Lipinski definition) is 6. The fourth-order valence-corrected chi connectivity index (χ4v) is 2.93. The van der Waals surface area contributed by atoms with Crippen molar-refractivity contribution in [2.45, 2.75) is 0 Å². The lowest BCUT2D eigenvalue weighted by Gasteiger charge is -2.05. The number of hydrogen-bond donors (Lipinski definition) is 0. The second-order valence-corrected chi connectivity index (χ2v) is 6.97. The molecule has 0 fully saturated rings. The summed E-state index contributed by atoms with van der Waals surface area (Å²) in [7, 11) is 1.55. The topological polar surface area (TPSA) is 74.2 Å². The Balaban J connectivity index is 1.46. The molecule has 4 rings (SSSR count). The van der Waals surface area contributed by atoms with Gasteiger partial charge in [-0.3, -0.25) is 0 Å². The van der Waals surface area contributed by atoms with Crippen molar-refractivity contribution >= 4 is 35.5 Å². The van der Waals surface area contributed by atoms with E-state index in [4.69, 9.17) is 25.8 Å². The minimum atomic E-state index is -0.542. The minimum Gasteiger partial charge on any atom is -0.497 e. The summed E-state index contributed by atoms with van der Waals surface area (Å²) in [6.45, 7) is 0. The molecule has 3 aromatic rings. The molecule has 0 amide bonds. The van der Waals surface area contributed by atoms with Gasteiger partial charge < -0.3 is 14.2 Å².